The largest absolute Gasteiger partial charge is 0.381 e. The van der Waals surface area contributed by atoms with E-state index in [1.165, 1.54) is 12.3 Å². The number of nitrogens with zero attached hydrogens (tertiary/aromatic N) is 3. The van der Waals surface area contributed by atoms with E-state index in [1.807, 2.05) is 0 Å². The predicted octanol–water partition coefficient (Wildman–Crippen LogP) is 1.32. The molecule has 0 saturated heterocycles. The first kappa shape index (κ1) is 8.06. The Balaban J connectivity index is 2.59. The molecule has 0 amide bonds. The molecule has 66 valence electrons. The lowest BCUT2D eigenvalue weighted by Crippen LogP contribution is -1.91. The summed E-state index contributed by atoms with van der Waals surface area (Å²) in [6, 6.07) is 1.52. The van der Waals surface area contributed by atoms with Gasteiger partial charge in [0.05, 0.1) is 17.9 Å². The minimum absolute atomic E-state index is 0.245. The fourth-order valence-corrected chi connectivity index (χ4v) is 1.44. The van der Waals surface area contributed by atoms with Gasteiger partial charge in [-0.1, -0.05) is 0 Å². The molecule has 2 heterocycles. The standard InChI is InChI=1S/C7H5FN4S/c8-5-3-10-2-1-4(5)6-7(9)12-13-11-6/h1-3H,(H2,9,12). The van der Waals surface area contributed by atoms with E-state index in [9.17, 15) is 4.39 Å². The van der Waals surface area contributed by atoms with Crippen LogP contribution in [0.4, 0.5) is 10.2 Å². The molecule has 2 rings (SSSR count). The highest BCUT2D eigenvalue weighted by molar-refractivity contribution is 6.99. The fraction of sp³-hybridized carbons (Fsp3) is 0. The summed E-state index contributed by atoms with van der Waals surface area (Å²) in [7, 11) is 0. The number of hydrogen-bond donors (Lipinski definition) is 1. The Labute approximate surface area is 77.6 Å². The molecule has 0 saturated carbocycles. The van der Waals surface area contributed by atoms with Crippen LogP contribution in [0.15, 0.2) is 18.5 Å². The van der Waals surface area contributed by atoms with E-state index in [1.54, 1.807) is 0 Å². The van der Waals surface area contributed by atoms with Crippen molar-refractivity contribution < 1.29 is 4.39 Å². The summed E-state index contributed by atoms with van der Waals surface area (Å²) in [5.41, 5.74) is 6.21. The average Bonchev–Trinajstić information content (AvgIpc) is 2.52. The third-order valence-corrected chi connectivity index (χ3v) is 2.08. The molecule has 2 N–H and O–H groups in total. The number of rotatable bonds is 1. The topological polar surface area (TPSA) is 64.7 Å². The van der Waals surface area contributed by atoms with Crippen molar-refractivity contribution in [2.24, 2.45) is 0 Å². The molecule has 0 spiro atoms. The maximum absolute atomic E-state index is 13.2. The highest BCUT2D eigenvalue weighted by Gasteiger charge is 2.11. The van der Waals surface area contributed by atoms with Crippen molar-refractivity contribution in [2.45, 2.75) is 0 Å². The van der Waals surface area contributed by atoms with Crippen LogP contribution < -0.4 is 5.73 Å². The van der Waals surface area contributed by atoms with Gasteiger partial charge in [0.15, 0.2) is 11.6 Å². The molecule has 0 aliphatic carbocycles. The summed E-state index contributed by atoms with van der Waals surface area (Å²) in [6.07, 6.45) is 2.60. The molecule has 13 heavy (non-hydrogen) atoms. The van der Waals surface area contributed by atoms with Crippen molar-refractivity contribution in [1.29, 1.82) is 0 Å². The van der Waals surface area contributed by atoms with E-state index in [0.29, 0.717) is 11.3 Å². The second-order valence-corrected chi connectivity index (χ2v) is 2.88. The van der Waals surface area contributed by atoms with Gasteiger partial charge >= 0.3 is 0 Å². The van der Waals surface area contributed by atoms with Crippen LogP contribution in [0.25, 0.3) is 11.3 Å². The van der Waals surface area contributed by atoms with Gasteiger partial charge in [-0.25, -0.2) is 4.39 Å². The third-order valence-electron chi connectivity index (χ3n) is 1.54. The lowest BCUT2D eigenvalue weighted by Gasteiger charge is -1.97. The Hall–Kier alpha value is -1.56. The van der Waals surface area contributed by atoms with Gasteiger partial charge in [-0.15, -0.1) is 0 Å². The fourth-order valence-electron chi connectivity index (χ4n) is 0.950. The number of aromatic nitrogens is 3. The van der Waals surface area contributed by atoms with Crippen LogP contribution in [0.5, 0.6) is 0 Å². The molecule has 4 nitrogen and oxygen atoms in total. The molecule has 0 aromatic carbocycles. The summed E-state index contributed by atoms with van der Waals surface area (Å²) in [6.45, 7) is 0. The Morgan fingerprint density at radius 3 is 2.85 bits per heavy atom. The number of anilines is 1. The molecular formula is C7H5FN4S. The van der Waals surface area contributed by atoms with Crippen molar-refractivity contribution in [3.8, 4) is 11.3 Å². The Kier molecular flexibility index (Phi) is 1.90. The molecule has 0 unspecified atom stereocenters. The van der Waals surface area contributed by atoms with Crippen molar-refractivity contribution in [3.63, 3.8) is 0 Å². The minimum atomic E-state index is -0.443. The van der Waals surface area contributed by atoms with Gasteiger partial charge in [-0.3, -0.25) is 4.98 Å². The lowest BCUT2D eigenvalue weighted by molar-refractivity contribution is 0.624. The molecule has 6 heteroatoms. The second-order valence-electron chi connectivity index (χ2n) is 2.35. The Morgan fingerprint density at radius 1 is 1.38 bits per heavy atom. The maximum Gasteiger partial charge on any atom is 0.165 e. The molecule has 2 aromatic heterocycles. The van der Waals surface area contributed by atoms with Crippen LogP contribution in [0.2, 0.25) is 0 Å². The van der Waals surface area contributed by atoms with Gasteiger partial charge in [-0.2, -0.15) is 8.75 Å². The zero-order valence-corrected chi connectivity index (χ0v) is 7.25. The van der Waals surface area contributed by atoms with Gasteiger partial charge < -0.3 is 5.73 Å². The Morgan fingerprint density at radius 2 is 2.23 bits per heavy atom. The highest BCUT2D eigenvalue weighted by Crippen LogP contribution is 2.24. The first-order chi connectivity index (χ1) is 6.29. The summed E-state index contributed by atoms with van der Waals surface area (Å²) < 4.78 is 20.8. The zero-order chi connectivity index (χ0) is 9.26. The average molecular weight is 196 g/mol. The molecule has 0 fully saturated rings. The third kappa shape index (κ3) is 1.35. The summed E-state index contributed by atoms with van der Waals surface area (Å²) in [4.78, 5) is 3.62. The van der Waals surface area contributed by atoms with Gasteiger partial charge in [0, 0.05) is 11.8 Å². The number of hydrogen-bond acceptors (Lipinski definition) is 5. The summed E-state index contributed by atoms with van der Waals surface area (Å²) in [5, 5.41) is 0. The normalized spacial score (nSPS) is 10.2. The summed E-state index contributed by atoms with van der Waals surface area (Å²) >= 11 is 0.958. The lowest BCUT2D eigenvalue weighted by atomic mass is 10.2. The SMILES string of the molecule is Nc1nsnc1-c1ccncc1F. The number of nitrogens with two attached hydrogens (primary N) is 1. The monoisotopic (exact) mass is 196 g/mol. The van der Waals surface area contributed by atoms with Gasteiger partial charge in [0.25, 0.3) is 0 Å². The Bertz CT molecular complexity index is 428. The number of pyridine rings is 1. The van der Waals surface area contributed by atoms with Crippen molar-refractivity contribution in [1.82, 2.24) is 13.7 Å². The van der Waals surface area contributed by atoms with E-state index >= 15 is 0 Å². The van der Waals surface area contributed by atoms with E-state index < -0.39 is 5.82 Å². The van der Waals surface area contributed by atoms with E-state index in [4.69, 9.17) is 5.73 Å². The molecular weight excluding hydrogens is 191 g/mol. The first-order valence-corrected chi connectivity index (χ1v) is 4.20. The van der Waals surface area contributed by atoms with E-state index in [0.717, 1.165) is 17.9 Å². The maximum atomic E-state index is 13.2. The minimum Gasteiger partial charge on any atom is -0.381 e. The molecule has 0 radical (unpaired) electrons. The predicted molar refractivity (Wildman–Crippen MR) is 47.5 cm³/mol. The quantitative estimate of drug-likeness (QED) is 0.747. The zero-order valence-electron chi connectivity index (χ0n) is 6.44. The van der Waals surface area contributed by atoms with Gasteiger partial charge in [0.1, 0.15) is 5.69 Å². The van der Waals surface area contributed by atoms with Crippen LogP contribution >= 0.6 is 11.7 Å². The molecule has 0 aliphatic heterocycles. The number of nitrogen functional groups attached to an aromatic ring is 1. The second kappa shape index (κ2) is 3.06. The number of halogens is 1. The van der Waals surface area contributed by atoms with Gasteiger partial charge in [0.2, 0.25) is 0 Å². The van der Waals surface area contributed by atoms with E-state index in [2.05, 4.69) is 13.7 Å². The van der Waals surface area contributed by atoms with Crippen LogP contribution in [0.1, 0.15) is 0 Å². The van der Waals surface area contributed by atoms with Crippen LogP contribution in [-0.4, -0.2) is 13.7 Å². The molecule has 2 aromatic rings. The first-order valence-electron chi connectivity index (χ1n) is 3.47. The smallest absolute Gasteiger partial charge is 0.165 e. The summed E-state index contributed by atoms with van der Waals surface area (Å²) in [5.74, 6) is -0.197. The van der Waals surface area contributed by atoms with Crippen LogP contribution in [-0.2, 0) is 0 Å². The molecule has 0 bridgehead atoms. The van der Waals surface area contributed by atoms with Crippen molar-refractivity contribution in [2.75, 3.05) is 5.73 Å². The molecule has 0 aliphatic rings. The van der Waals surface area contributed by atoms with Crippen molar-refractivity contribution >= 4 is 17.5 Å². The van der Waals surface area contributed by atoms with Gasteiger partial charge in [-0.05, 0) is 6.07 Å². The molecule has 0 atom stereocenters. The van der Waals surface area contributed by atoms with Crippen LogP contribution in [0, 0.1) is 5.82 Å². The van der Waals surface area contributed by atoms with E-state index in [-0.39, 0.29) is 5.82 Å². The van der Waals surface area contributed by atoms with Crippen molar-refractivity contribution in [3.05, 3.63) is 24.3 Å². The van der Waals surface area contributed by atoms with Crippen LogP contribution in [0.3, 0.4) is 0 Å². The highest BCUT2D eigenvalue weighted by atomic mass is 32.1.